The number of nitrogens with one attached hydrogen (secondary N) is 1. The first-order valence-corrected chi connectivity index (χ1v) is 5.10. The summed E-state index contributed by atoms with van der Waals surface area (Å²) in [6.45, 7) is 0. The quantitative estimate of drug-likeness (QED) is 0.777. The van der Waals surface area contributed by atoms with Crippen LogP contribution >= 0.6 is 11.6 Å². The summed E-state index contributed by atoms with van der Waals surface area (Å²) in [7, 11) is 1.81. The van der Waals surface area contributed by atoms with Gasteiger partial charge in [-0.15, -0.1) is 12.3 Å². The van der Waals surface area contributed by atoms with E-state index in [1.54, 1.807) is 12.1 Å². The van der Waals surface area contributed by atoms with Gasteiger partial charge in [0.2, 0.25) is 0 Å². The van der Waals surface area contributed by atoms with E-state index in [9.17, 15) is 4.39 Å². The van der Waals surface area contributed by atoms with Crippen LogP contribution in [0.2, 0.25) is 5.02 Å². The molecule has 0 aromatic heterocycles. The van der Waals surface area contributed by atoms with Crippen molar-refractivity contribution in [3.05, 3.63) is 34.6 Å². The Balaban J connectivity index is 2.80. The highest BCUT2D eigenvalue weighted by atomic mass is 35.5. The summed E-state index contributed by atoms with van der Waals surface area (Å²) in [4.78, 5) is 0. The van der Waals surface area contributed by atoms with Gasteiger partial charge in [-0.2, -0.15) is 0 Å². The zero-order valence-corrected chi connectivity index (χ0v) is 9.31. The van der Waals surface area contributed by atoms with Gasteiger partial charge in [0.1, 0.15) is 5.82 Å². The van der Waals surface area contributed by atoms with E-state index in [1.807, 2.05) is 7.05 Å². The van der Waals surface area contributed by atoms with Gasteiger partial charge in [0.15, 0.2) is 0 Å². The van der Waals surface area contributed by atoms with Crippen molar-refractivity contribution in [3.63, 3.8) is 0 Å². The molecule has 1 rings (SSSR count). The fourth-order valence-electron chi connectivity index (χ4n) is 1.39. The number of terminal acetylenes is 1. The predicted molar refractivity (Wildman–Crippen MR) is 61.4 cm³/mol. The molecule has 0 radical (unpaired) electrons. The number of halogens is 2. The summed E-state index contributed by atoms with van der Waals surface area (Å²) in [5, 5.41) is 3.20. The minimum absolute atomic E-state index is 0.0861. The van der Waals surface area contributed by atoms with Crippen LogP contribution in [0.15, 0.2) is 18.2 Å². The largest absolute Gasteiger partial charge is 0.316 e. The first-order valence-electron chi connectivity index (χ1n) is 4.72. The Morgan fingerprint density at radius 1 is 1.60 bits per heavy atom. The van der Waals surface area contributed by atoms with Crippen LogP contribution < -0.4 is 5.32 Å². The maximum Gasteiger partial charge on any atom is 0.145 e. The van der Waals surface area contributed by atoms with Crippen LogP contribution in [0.3, 0.4) is 0 Å². The van der Waals surface area contributed by atoms with Gasteiger partial charge >= 0.3 is 0 Å². The molecule has 1 nitrogen and oxygen atoms in total. The molecule has 1 aromatic carbocycles. The van der Waals surface area contributed by atoms with Gasteiger partial charge in [0, 0.05) is 12.5 Å². The van der Waals surface area contributed by atoms with Gasteiger partial charge in [-0.1, -0.05) is 23.7 Å². The third-order valence-electron chi connectivity index (χ3n) is 2.27. The monoisotopic (exact) mass is 225 g/mol. The number of hydrogen-bond donors (Lipinski definition) is 1. The topological polar surface area (TPSA) is 12.0 Å². The lowest BCUT2D eigenvalue weighted by molar-refractivity contribution is 0.544. The van der Waals surface area contributed by atoms with Crippen LogP contribution in [0.25, 0.3) is 0 Å². The molecule has 0 spiro atoms. The lowest BCUT2D eigenvalue weighted by Crippen LogP contribution is -2.27. The molecule has 0 saturated carbocycles. The summed E-state index contributed by atoms with van der Waals surface area (Å²) >= 11 is 5.68. The highest BCUT2D eigenvalue weighted by Crippen LogP contribution is 2.19. The normalized spacial score (nSPS) is 12.1. The van der Waals surface area contributed by atoms with Gasteiger partial charge in [-0.05, 0) is 25.1 Å². The molecule has 15 heavy (non-hydrogen) atoms. The molecule has 0 saturated heterocycles. The fraction of sp³-hybridized carbons (Fsp3) is 0.333. The van der Waals surface area contributed by atoms with Crippen LogP contribution in [0, 0.1) is 18.2 Å². The van der Waals surface area contributed by atoms with Crippen molar-refractivity contribution >= 4 is 11.6 Å². The maximum absolute atomic E-state index is 13.5. The van der Waals surface area contributed by atoms with Crippen LogP contribution in [-0.2, 0) is 6.42 Å². The van der Waals surface area contributed by atoms with E-state index in [0.717, 1.165) is 0 Å². The Bertz CT molecular complexity index is 370. The molecule has 3 heteroatoms. The minimum Gasteiger partial charge on any atom is -0.316 e. The summed E-state index contributed by atoms with van der Waals surface area (Å²) in [6, 6.07) is 5.09. The Morgan fingerprint density at radius 3 is 2.93 bits per heavy atom. The van der Waals surface area contributed by atoms with Crippen molar-refractivity contribution in [2.45, 2.75) is 18.9 Å². The maximum atomic E-state index is 13.5. The second-order valence-electron chi connectivity index (χ2n) is 3.31. The Hall–Kier alpha value is -1.04. The first-order chi connectivity index (χ1) is 7.19. The molecule has 0 aliphatic heterocycles. The van der Waals surface area contributed by atoms with E-state index in [2.05, 4.69) is 11.2 Å². The minimum atomic E-state index is -0.351. The van der Waals surface area contributed by atoms with Gasteiger partial charge in [0.05, 0.1) is 5.02 Å². The lowest BCUT2D eigenvalue weighted by Gasteiger charge is -2.13. The van der Waals surface area contributed by atoms with Crippen molar-refractivity contribution in [3.8, 4) is 12.3 Å². The third-order valence-corrected chi connectivity index (χ3v) is 2.56. The Kier molecular flexibility index (Phi) is 4.61. The van der Waals surface area contributed by atoms with Crippen LogP contribution in [0.4, 0.5) is 4.39 Å². The van der Waals surface area contributed by atoms with Gasteiger partial charge in [-0.3, -0.25) is 0 Å². The van der Waals surface area contributed by atoms with Gasteiger partial charge in [0.25, 0.3) is 0 Å². The van der Waals surface area contributed by atoms with Gasteiger partial charge < -0.3 is 5.32 Å². The zero-order chi connectivity index (χ0) is 11.3. The predicted octanol–water partition coefficient (Wildman–Crippen LogP) is 2.63. The van der Waals surface area contributed by atoms with Crippen LogP contribution in [0.1, 0.15) is 12.0 Å². The van der Waals surface area contributed by atoms with Crippen molar-refractivity contribution in [2.75, 3.05) is 7.05 Å². The Morgan fingerprint density at radius 2 is 2.33 bits per heavy atom. The highest BCUT2D eigenvalue weighted by molar-refractivity contribution is 6.30. The van der Waals surface area contributed by atoms with Crippen molar-refractivity contribution in [1.82, 2.24) is 5.32 Å². The number of hydrogen-bond acceptors (Lipinski definition) is 1. The zero-order valence-electron chi connectivity index (χ0n) is 8.56. The molecule has 0 heterocycles. The molecule has 1 N–H and O–H groups in total. The van der Waals surface area contributed by atoms with Crippen LogP contribution in [-0.4, -0.2) is 13.1 Å². The van der Waals surface area contributed by atoms with E-state index >= 15 is 0 Å². The summed E-state index contributed by atoms with van der Waals surface area (Å²) in [6.07, 6.45) is 6.34. The lowest BCUT2D eigenvalue weighted by atomic mass is 10.0. The second-order valence-corrected chi connectivity index (χ2v) is 3.72. The van der Waals surface area contributed by atoms with E-state index in [-0.39, 0.29) is 16.9 Å². The van der Waals surface area contributed by atoms with Crippen molar-refractivity contribution < 1.29 is 4.39 Å². The van der Waals surface area contributed by atoms with Crippen molar-refractivity contribution in [1.29, 1.82) is 0 Å². The molecule has 0 amide bonds. The molecule has 0 bridgehead atoms. The third kappa shape index (κ3) is 3.23. The molecular weight excluding hydrogens is 213 g/mol. The van der Waals surface area contributed by atoms with Gasteiger partial charge in [-0.25, -0.2) is 4.39 Å². The number of likely N-dealkylation sites (N-methyl/N-ethyl adjacent to an activating group) is 1. The Labute approximate surface area is 94.6 Å². The fourth-order valence-corrected chi connectivity index (χ4v) is 1.58. The molecule has 0 fully saturated rings. The molecule has 1 unspecified atom stereocenters. The number of rotatable bonds is 4. The van der Waals surface area contributed by atoms with E-state index in [0.29, 0.717) is 18.4 Å². The molecule has 80 valence electrons. The summed E-state index contributed by atoms with van der Waals surface area (Å²) in [5.41, 5.74) is 0.595. The highest BCUT2D eigenvalue weighted by Gasteiger charge is 2.11. The van der Waals surface area contributed by atoms with Crippen LogP contribution in [0.5, 0.6) is 0 Å². The van der Waals surface area contributed by atoms with E-state index in [4.69, 9.17) is 18.0 Å². The summed E-state index contributed by atoms with van der Waals surface area (Å²) in [5.74, 6) is 2.20. The number of benzene rings is 1. The first kappa shape index (κ1) is 12.0. The smallest absolute Gasteiger partial charge is 0.145 e. The molecule has 0 aliphatic rings. The molecule has 1 aromatic rings. The standard InChI is InChI=1S/C12H13ClFN/c1-3-5-10(15-2)8-9-6-4-7-11(13)12(9)14/h1,4,6-7,10,15H,5,8H2,2H3. The molecular formula is C12H13ClFN. The molecule has 1 atom stereocenters. The SMILES string of the molecule is C#CCC(Cc1cccc(Cl)c1F)NC. The van der Waals surface area contributed by atoms with Crippen molar-refractivity contribution in [2.24, 2.45) is 0 Å². The van der Waals surface area contributed by atoms with E-state index in [1.165, 1.54) is 6.07 Å². The average Bonchev–Trinajstić information content (AvgIpc) is 2.24. The molecule has 0 aliphatic carbocycles. The van der Waals surface area contributed by atoms with E-state index < -0.39 is 0 Å². The summed E-state index contributed by atoms with van der Waals surface area (Å²) < 4.78 is 13.5. The average molecular weight is 226 g/mol. The second kappa shape index (κ2) is 5.75.